The highest BCUT2D eigenvalue weighted by atomic mass is 32.2. The van der Waals surface area contributed by atoms with Gasteiger partial charge in [-0.2, -0.15) is 13.1 Å². The maximum atomic E-state index is 14.2. The molecular formula is C39H56N4O6S2Si2. The van der Waals surface area contributed by atoms with Gasteiger partial charge in [-0.25, -0.2) is 9.97 Å². The first kappa shape index (κ1) is 41.4. The molecule has 1 aromatic carbocycles. The minimum Gasteiger partial charge on any atom is -0.410 e. The number of anilines is 1. The van der Waals surface area contributed by atoms with Crippen molar-refractivity contribution in [1.29, 1.82) is 0 Å². The van der Waals surface area contributed by atoms with Gasteiger partial charge < -0.3 is 14.5 Å². The van der Waals surface area contributed by atoms with Crippen molar-refractivity contribution in [2.24, 2.45) is 0 Å². The second kappa shape index (κ2) is 16.5. The third-order valence-corrected chi connectivity index (χ3v) is 19.5. The molecule has 1 aliphatic carbocycles. The Bertz CT molecular complexity index is 1940. The van der Waals surface area contributed by atoms with E-state index in [9.17, 15) is 13.2 Å². The molecule has 3 heterocycles. The lowest BCUT2D eigenvalue weighted by Crippen LogP contribution is -2.52. The van der Waals surface area contributed by atoms with Crippen LogP contribution in [0.4, 0.5) is 5.82 Å². The van der Waals surface area contributed by atoms with E-state index >= 15 is 0 Å². The van der Waals surface area contributed by atoms with Crippen molar-refractivity contribution in [3.63, 3.8) is 0 Å². The number of carbonyl (C=O) groups excluding carboxylic acids is 1. The van der Waals surface area contributed by atoms with Crippen LogP contribution in [0.5, 0.6) is 0 Å². The molecule has 0 spiro atoms. The van der Waals surface area contributed by atoms with E-state index in [0.29, 0.717) is 52.3 Å². The largest absolute Gasteiger partial charge is 0.410 e. The fraction of sp³-hybridized carbons (Fsp3) is 0.564. The minimum atomic E-state index is -3.98. The van der Waals surface area contributed by atoms with Crippen LogP contribution >= 0.6 is 11.3 Å². The Kier molecular flexibility index (Phi) is 12.9. The first-order chi connectivity index (χ1) is 24.8. The summed E-state index contributed by atoms with van der Waals surface area (Å²) in [6.07, 6.45) is 3.16. The zero-order valence-electron chi connectivity index (χ0n) is 33.0. The summed E-state index contributed by atoms with van der Waals surface area (Å²) in [5.41, 5.74) is 9.00. The van der Waals surface area contributed by atoms with Gasteiger partial charge in [0, 0.05) is 29.7 Å². The highest BCUT2D eigenvalue weighted by Crippen LogP contribution is 2.46. The molecule has 3 aromatic rings. The average molecular weight is 797 g/mol. The summed E-state index contributed by atoms with van der Waals surface area (Å²) in [5.74, 6) is 3.58. The molecule has 0 unspecified atom stereocenters. The molecular weight excluding hydrogens is 741 g/mol. The molecule has 4 atom stereocenters. The van der Waals surface area contributed by atoms with Crippen molar-refractivity contribution in [3.8, 4) is 11.5 Å². The molecule has 53 heavy (non-hydrogen) atoms. The van der Waals surface area contributed by atoms with Crippen molar-refractivity contribution in [1.82, 2.24) is 14.7 Å². The van der Waals surface area contributed by atoms with E-state index in [4.69, 9.17) is 13.3 Å². The third-order valence-electron chi connectivity index (χ3n) is 10.4. The smallest absolute Gasteiger partial charge is 0.335 e. The maximum absolute atomic E-state index is 14.2. The monoisotopic (exact) mass is 796 g/mol. The molecule has 14 heteroatoms. The van der Waals surface area contributed by atoms with E-state index in [1.165, 1.54) is 30.3 Å². The zero-order chi connectivity index (χ0) is 38.9. The van der Waals surface area contributed by atoms with Gasteiger partial charge in [-0.05, 0) is 77.7 Å². The Morgan fingerprint density at radius 1 is 1.02 bits per heavy atom. The predicted molar refractivity (Wildman–Crippen MR) is 218 cm³/mol. The van der Waals surface area contributed by atoms with Crippen molar-refractivity contribution in [2.75, 3.05) is 19.0 Å². The van der Waals surface area contributed by atoms with Crippen LogP contribution in [0.15, 0.2) is 36.8 Å². The number of fused-ring (bicyclic) bond motifs is 1. The van der Waals surface area contributed by atoms with Crippen LogP contribution in [0.25, 0.3) is 0 Å². The van der Waals surface area contributed by atoms with Gasteiger partial charge in [-0.1, -0.05) is 73.2 Å². The quantitative estimate of drug-likeness (QED) is 0.101. The van der Waals surface area contributed by atoms with Gasteiger partial charge in [0.25, 0.3) is 0 Å². The standard InChI is InChI=1S/C39H56N4O6S2Si2/c1-24(2)53(25(3)4,26(5)6)49-35-20-30(19-34(35)48-51(45,46)40-8)43-39-33(22-41-23-42-39)37(44)36-21-31(27(7)50-36)38-32-18-28(15-17-52(9,10)11)12-13-29(32)14-16-47-38/h12-13,18,21-26,30,34-35,38,40H,14,16,19-20H2,1-11H3,(H,41,42,43)/t30-,34+,35-,38-/m0/s1. The van der Waals surface area contributed by atoms with E-state index in [1.54, 1.807) is 6.20 Å². The van der Waals surface area contributed by atoms with Crippen molar-refractivity contribution >= 4 is 49.6 Å². The van der Waals surface area contributed by atoms with Gasteiger partial charge in [-0.15, -0.1) is 16.9 Å². The first-order valence-electron chi connectivity index (χ1n) is 18.6. The van der Waals surface area contributed by atoms with E-state index in [1.807, 2.05) is 13.0 Å². The number of nitrogens with zero attached hydrogens (tertiary/aromatic N) is 2. The lowest BCUT2D eigenvalue weighted by molar-refractivity contribution is 0.0678. The van der Waals surface area contributed by atoms with Crippen LogP contribution in [0, 0.1) is 18.4 Å². The summed E-state index contributed by atoms with van der Waals surface area (Å²) in [4.78, 5) is 24.5. The Balaban J connectivity index is 1.41. The first-order valence-corrected chi connectivity index (χ1v) is 26.5. The number of carbonyl (C=O) groups is 1. The fourth-order valence-corrected chi connectivity index (χ4v) is 15.8. The van der Waals surface area contributed by atoms with Gasteiger partial charge in [0.2, 0.25) is 14.1 Å². The summed E-state index contributed by atoms with van der Waals surface area (Å²) in [5, 5.41) is 3.46. The molecule has 0 radical (unpaired) electrons. The van der Waals surface area contributed by atoms with Crippen molar-refractivity contribution in [3.05, 3.63) is 74.4 Å². The summed E-state index contributed by atoms with van der Waals surface area (Å²) >= 11 is 1.43. The van der Waals surface area contributed by atoms with Crippen molar-refractivity contribution < 1.29 is 26.6 Å². The zero-order valence-corrected chi connectivity index (χ0v) is 36.6. The number of rotatable bonds is 13. The number of nitrogens with one attached hydrogen (secondary N) is 2. The average Bonchev–Trinajstić information content (AvgIpc) is 3.66. The molecule has 0 bridgehead atoms. The third kappa shape index (κ3) is 9.38. The number of hydrogen-bond acceptors (Lipinski definition) is 10. The van der Waals surface area contributed by atoms with Crippen molar-refractivity contribution in [2.45, 2.75) is 128 Å². The fourth-order valence-electron chi connectivity index (χ4n) is 8.03. The van der Waals surface area contributed by atoms with Crippen LogP contribution in [-0.2, 0) is 30.1 Å². The molecule has 1 saturated carbocycles. The normalized spacial score (nSPS) is 20.8. The van der Waals surface area contributed by atoms with E-state index in [0.717, 1.165) is 28.0 Å². The summed E-state index contributed by atoms with van der Waals surface area (Å²) in [6.45, 7) is 22.5. The van der Waals surface area contributed by atoms with E-state index < -0.39 is 38.9 Å². The lowest BCUT2D eigenvalue weighted by Gasteiger charge is -2.44. The van der Waals surface area contributed by atoms with Gasteiger partial charge >= 0.3 is 10.3 Å². The molecule has 1 fully saturated rings. The SMILES string of the molecule is CNS(=O)(=O)O[C@@H]1C[C@H](Nc2ncncc2C(=O)c2cc([C@@H]3OCCc4ccc(C#C[Si](C)(C)C)cc43)c(C)s2)C[C@@H]1O[Si](C(C)C)(C(C)C)C(C)C. The van der Waals surface area contributed by atoms with E-state index in [-0.39, 0.29) is 17.9 Å². The molecule has 0 amide bonds. The number of ketones is 1. The van der Waals surface area contributed by atoms with Gasteiger partial charge in [0.1, 0.15) is 32.4 Å². The molecule has 2 N–H and O–H groups in total. The van der Waals surface area contributed by atoms with Crippen LogP contribution < -0.4 is 10.0 Å². The number of ether oxygens (including phenoxy) is 1. The Morgan fingerprint density at radius 3 is 2.34 bits per heavy atom. The number of hydrogen-bond donors (Lipinski definition) is 2. The minimum absolute atomic E-state index is 0.194. The highest BCUT2D eigenvalue weighted by Gasteiger charge is 2.50. The Labute approximate surface area is 322 Å². The van der Waals surface area contributed by atoms with Gasteiger partial charge in [0.05, 0.1) is 23.2 Å². The van der Waals surface area contributed by atoms with E-state index in [2.05, 4.69) is 111 Å². The summed E-state index contributed by atoms with van der Waals surface area (Å²) in [7, 11) is -6.58. The molecule has 2 aromatic heterocycles. The topological polar surface area (TPSA) is 129 Å². The second-order valence-corrected chi connectivity index (χ2v) is 29.2. The number of benzene rings is 1. The van der Waals surface area contributed by atoms with Gasteiger partial charge in [-0.3, -0.25) is 8.98 Å². The van der Waals surface area contributed by atoms with Gasteiger partial charge in [0.15, 0.2) is 0 Å². The Morgan fingerprint density at radius 2 is 1.70 bits per heavy atom. The predicted octanol–water partition coefficient (Wildman–Crippen LogP) is 7.95. The summed E-state index contributed by atoms with van der Waals surface area (Å²) < 4.78 is 46.8. The maximum Gasteiger partial charge on any atom is 0.335 e. The van der Waals surface area contributed by atoms with Crippen LogP contribution in [-0.4, -0.2) is 72.5 Å². The Hall–Kier alpha value is -2.75. The lowest BCUT2D eigenvalue weighted by atomic mass is 9.91. The van der Waals surface area contributed by atoms with Crippen LogP contribution in [0.3, 0.4) is 0 Å². The second-order valence-electron chi connectivity index (χ2n) is 16.2. The number of aromatic nitrogens is 2. The number of thiophene rings is 1. The molecule has 0 saturated heterocycles. The molecule has 288 valence electrons. The van der Waals surface area contributed by atoms with Crippen LogP contribution in [0.2, 0.25) is 36.3 Å². The molecule has 2 aliphatic rings. The number of aryl methyl sites for hydroxylation is 1. The highest BCUT2D eigenvalue weighted by molar-refractivity contribution is 7.84. The molecule has 5 rings (SSSR count). The van der Waals surface area contributed by atoms with Crippen LogP contribution in [0.1, 0.15) is 103 Å². The molecule has 1 aliphatic heterocycles. The molecule has 10 nitrogen and oxygen atoms in total. The summed E-state index contributed by atoms with van der Waals surface area (Å²) in [6, 6.07) is 8.08.